The standard InChI is InChI=1S/C32H43N9O2/c1-7-23-11-28(26-17-37-41-21(3)14-33-18-29(26)41)36-13-20(2)25(16-35-23)31(43)39-27-12-24(15-34-22(27)4)38-30(42)19-40-10-8-9-32(40,5)6/h11-13,15-17,21,23,33H,7-10,14,18-19H2,1-6H3,(H,38,42)(H,39,43)/b25-20-,28-11-,35-16?,36-13-. The highest BCUT2D eigenvalue weighted by Crippen LogP contribution is 2.29. The Morgan fingerprint density at radius 1 is 1.16 bits per heavy atom. The van der Waals surface area contributed by atoms with Gasteiger partial charge in [0.1, 0.15) is 0 Å². The van der Waals surface area contributed by atoms with Gasteiger partial charge in [0.2, 0.25) is 5.91 Å². The molecule has 2 aromatic rings. The smallest absolute Gasteiger partial charge is 0.257 e. The van der Waals surface area contributed by atoms with Crippen molar-refractivity contribution in [1.29, 1.82) is 0 Å². The Bertz CT molecular complexity index is 1510. The van der Waals surface area contributed by atoms with E-state index in [9.17, 15) is 9.59 Å². The number of hydrogen-bond donors (Lipinski definition) is 3. The molecule has 0 aliphatic carbocycles. The molecule has 1 saturated heterocycles. The number of amides is 2. The molecule has 2 aromatic heterocycles. The first kappa shape index (κ1) is 30.5. The minimum atomic E-state index is -0.320. The van der Waals surface area contributed by atoms with Gasteiger partial charge in [-0.1, -0.05) is 6.92 Å². The first-order valence-corrected chi connectivity index (χ1v) is 15.2. The van der Waals surface area contributed by atoms with Crippen LogP contribution in [0.25, 0.3) is 5.70 Å². The second kappa shape index (κ2) is 12.7. The largest absolute Gasteiger partial charge is 0.324 e. The molecule has 5 heterocycles. The lowest BCUT2D eigenvalue weighted by Crippen LogP contribution is -2.42. The molecule has 2 amide bonds. The third kappa shape index (κ3) is 6.83. The van der Waals surface area contributed by atoms with Crippen LogP contribution in [0.2, 0.25) is 0 Å². The van der Waals surface area contributed by atoms with E-state index in [2.05, 4.69) is 63.3 Å². The number of hydrogen-bond acceptors (Lipinski definition) is 8. The zero-order valence-electron chi connectivity index (χ0n) is 26.1. The van der Waals surface area contributed by atoms with Crippen LogP contribution >= 0.6 is 0 Å². The molecular weight excluding hydrogens is 542 g/mol. The van der Waals surface area contributed by atoms with Gasteiger partial charge < -0.3 is 16.0 Å². The fraction of sp³-hybridized carbons (Fsp3) is 0.500. The molecule has 0 radical (unpaired) electrons. The zero-order chi connectivity index (χ0) is 30.7. The van der Waals surface area contributed by atoms with Crippen molar-refractivity contribution in [3.8, 4) is 0 Å². The fourth-order valence-corrected chi connectivity index (χ4v) is 5.79. The van der Waals surface area contributed by atoms with Gasteiger partial charge in [-0.15, -0.1) is 0 Å². The van der Waals surface area contributed by atoms with E-state index in [1.165, 1.54) is 0 Å². The van der Waals surface area contributed by atoms with E-state index in [1.54, 1.807) is 24.7 Å². The molecule has 43 heavy (non-hydrogen) atoms. The van der Waals surface area contributed by atoms with Crippen molar-refractivity contribution in [2.45, 2.75) is 85.0 Å². The quantitative estimate of drug-likeness (QED) is 0.445. The number of aryl methyl sites for hydroxylation is 1. The Morgan fingerprint density at radius 3 is 2.72 bits per heavy atom. The second-order valence-corrected chi connectivity index (χ2v) is 12.3. The fourth-order valence-electron chi connectivity index (χ4n) is 5.79. The number of aliphatic imine (C=N–C) groups is 2. The van der Waals surface area contributed by atoms with Crippen LogP contribution in [0.5, 0.6) is 0 Å². The molecule has 2 unspecified atom stereocenters. The number of nitrogens with one attached hydrogen (secondary N) is 3. The van der Waals surface area contributed by atoms with Crippen LogP contribution in [0, 0.1) is 6.92 Å². The molecule has 3 aliphatic rings. The number of allylic oxidation sites excluding steroid dienone is 1. The van der Waals surface area contributed by atoms with Crippen LogP contribution in [0.15, 0.2) is 45.7 Å². The van der Waals surface area contributed by atoms with Gasteiger partial charge in [0.25, 0.3) is 5.91 Å². The molecule has 0 spiro atoms. The number of carbonyl (C=O) groups is 2. The van der Waals surface area contributed by atoms with Gasteiger partial charge >= 0.3 is 0 Å². The van der Waals surface area contributed by atoms with Crippen molar-refractivity contribution >= 4 is 41.3 Å². The SMILES string of the molecule is CCC1\C=C(c2cnn3c2CNCC3C)/N=C\C(C)=C(/C(=O)Nc2cc(NC(=O)CN3CCCC3(C)C)cnc2C)C=N1. The molecule has 11 heteroatoms. The zero-order valence-corrected chi connectivity index (χ0v) is 26.1. The van der Waals surface area contributed by atoms with Gasteiger partial charge in [-0.3, -0.25) is 34.1 Å². The molecule has 1 fully saturated rings. The van der Waals surface area contributed by atoms with Gasteiger partial charge in [-0.05, 0) is 78.1 Å². The van der Waals surface area contributed by atoms with E-state index >= 15 is 0 Å². The lowest BCUT2D eigenvalue weighted by molar-refractivity contribution is -0.118. The predicted molar refractivity (Wildman–Crippen MR) is 172 cm³/mol. The molecule has 0 saturated carbocycles. The first-order chi connectivity index (χ1) is 20.6. The average Bonchev–Trinajstić information content (AvgIpc) is 3.56. The van der Waals surface area contributed by atoms with E-state index in [-0.39, 0.29) is 29.4 Å². The molecule has 11 nitrogen and oxygen atoms in total. The highest BCUT2D eigenvalue weighted by Gasteiger charge is 2.33. The summed E-state index contributed by atoms with van der Waals surface area (Å²) >= 11 is 0. The third-order valence-electron chi connectivity index (χ3n) is 8.58. The van der Waals surface area contributed by atoms with Crippen LogP contribution in [0.3, 0.4) is 0 Å². The normalized spacial score (nSPS) is 25.6. The number of fused-ring (bicyclic) bond motifs is 1. The van der Waals surface area contributed by atoms with Crippen LogP contribution in [-0.4, -0.2) is 75.1 Å². The maximum Gasteiger partial charge on any atom is 0.257 e. The van der Waals surface area contributed by atoms with Gasteiger partial charge in [-0.2, -0.15) is 5.10 Å². The summed E-state index contributed by atoms with van der Waals surface area (Å²) in [6, 6.07) is 1.85. The summed E-state index contributed by atoms with van der Waals surface area (Å²) in [7, 11) is 0. The Hall–Kier alpha value is -3.96. The van der Waals surface area contributed by atoms with E-state index in [0.29, 0.717) is 34.8 Å². The second-order valence-electron chi connectivity index (χ2n) is 12.3. The maximum absolute atomic E-state index is 13.6. The van der Waals surface area contributed by atoms with Crippen LogP contribution in [0.4, 0.5) is 11.4 Å². The van der Waals surface area contributed by atoms with Crippen molar-refractivity contribution in [3.63, 3.8) is 0 Å². The van der Waals surface area contributed by atoms with Crippen molar-refractivity contribution in [3.05, 3.63) is 52.6 Å². The Balaban J connectivity index is 1.34. The van der Waals surface area contributed by atoms with Gasteiger partial charge in [0.05, 0.1) is 65.1 Å². The monoisotopic (exact) mass is 585 g/mol. The summed E-state index contributed by atoms with van der Waals surface area (Å²) in [6.07, 6.45) is 11.8. The summed E-state index contributed by atoms with van der Waals surface area (Å²) in [5.41, 5.74) is 5.66. The number of likely N-dealkylation sites (tertiary alicyclic amines) is 1. The number of rotatable bonds is 7. The summed E-state index contributed by atoms with van der Waals surface area (Å²) in [5.74, 6) is -0.422. The lowest BCUT2D eigenvalue weighted by Gasteiger charge is -2.30. The molecular formula is C32H43N9O2. The highest BCUT2D eigenvalue weighted by molar-refractivity contribution is 6.21. The van der Waals surface area contributed by atoms with Crippen molar-refractivity contribution in [2.24, 2.45) is 9.98 Å². The molecule has 0 bridgehead atoms. The third-order valence-corrected chi connectivity index (χ3v) is 8.58. The topological polar surface area (TPSA) is 129 Å². The molecule has 228 valence electrons. The van der Waals surface area contributed by atoms with Crippen LogP contribution in [0.1, 0.15) is 76.9 Å². The number of carbonyl (C=O) groups excluding carboxylic acids is 2. The summed E-state index contributed by atoms with van der Waals surface area (Å²) in [6.45, 7) is 15.0. The molecule has 3 N–H and O–H groups in total. The van der Waals surface area contributed by atoms with Crippen LogP contribution in [-0.2, 0) is 16.1 Å². The number of aromatic nitrogens is 3. The minimum absolute atomic E-state index is 0.0101. The van der Waals surface area contributed by atoms with Crippen molar-refractivity contribution < 1.29 is 9.59 Å². The molecule has 3 aliphatic heterocycles. The lowest BCUT2D eigenvalue weighted by atomic mass is 10.0. The molecule has 5 rings (SSSR count). The number of anilines is 2. The Labute approximate surface area is 253 Å². The van der Waals surface area contributed by atoms with Gasteiger partial charge in [0, 0.05) is 36.6 Å². The van der Waals surface area contributed by atoms with E-state index in [1.807, 2.05) is 26.1 Å². The summed E-state index contributed by atoms with van der Waals surface area (Å²) in [5, 5.41) is 14.0. The highest BCUT2D eigenvalue weighted by atomic mass is 16.2. The molecule has 2 atom stereocenters. The Morgan fingerprint density at radius 2 is 1.98 bits per heavy atom. The minimum Gasteiger partial charge on any atom is -0.324 e. The van der Waals surface area contributed by atoms with E-state index in [0.717, 1.165) is 55.9 Å². The Kier molecular flexibility index (Phi) is 9.03. The van der Waals surface area contributed by atoms with Gasteiger partial charge in [0.15, 0.2) is 0 Å². The average molecular weight is 586 g/mol. The summed E-state index contributed by atoms with van der Waals surface area (Å²) in [4.78, 5) is 42.6. The van der Waals surface area contributed by atoms with Crippen LogP contribution < -0.4 is 16.0 Å². The number of nitrogens with zero attached hydrogens (tertiary/aromatic N) is 6. The van der Waals surface area contributed by atoms with E-state index < -0.39 is 0 Å². The predicted octanol–water partition coefficient (Wildman–Crippen LogP) is 4.29. The van der Waals surface area contributed by atoms with Crippen molar-refractivity contribution in [2.75, 3.05) is 30.3 Å². The maximum atomic E-state index is 13.6. The molecule has 0 aromatic carbocycles. The number of pyridine rings is 1. The van der Waals surface area contributed by atoms with Gasteiger partial charge in [-0.25, -0.2) is 0 Å². The van der Waals surface area contributed by atoms with E-state index in [4.69, 9.17) is 9.98 Å². The first-order valence-electron chi connectivity index (χ1n) is 15.2. The van der Waals surface area contributed by atoms with Crippen molar-refractivity contribution in [1.82, 2.24) is 25.0 Å². The summed E-state index contributed by atoms with van der Waals surface area (Å²) < 4.78 is 2.06.